The molecule has 3 aromatic carbocycles. The first-order valence-corrected chi connectivity index (χ1v) is 10.3. The number of benzene rings is 3. The Morgan fingerprint density at radius 1 is 0.794 bits per heavy atom. The van der Waals surface area contributed by atoms with E-state index in [1.807, 2.05) is 48.5 Å². The maximum absolute atomic E-state index is 12.0. The predicted octanol–water partition coefficient (Wildman–Crippen LogP) is 4.31. The molecule has 1 aliphatic heterocycles. The van der Waals surface area contributed by atoms with Crippen molar-refractivity contribution < 1.29 is 34.4 Å². The highest BCUT2D eigenvalue weighted by atomic mass is 16.5. The van der Waals surface area contributed by atoms with Gasteiger partial charge in [0.05, 0.1) is 18.4 Å². The van der Waals surface area contributed by atoms with Crippen LogP contribution in [-0.4, -0.2) is 33.2 Å². The normalized spacial score (nSPS) is 13.5. The fourth-order valence-electron chi connectivity index (χ4n) is 3.17. The number of rotatable bonds is 6. The van der Waals surface area contributed by atoms with Crippen LogP contribution in [0.1, 0.15) is 22.3 Å². The standard InChI is InChI=1S/C19H14O5.C8H8O2/c20-16-8-12(9-18(21)22)6-7-14(16)10-15-11-17(24-19(15)23)13-4-2-1-3-5-13;9-8(10)6-7-4-2-1-3-5-7/h1-8,10-11,20H,9H2,(H,21,22);1-5H,6H2,(H,9,10)/b15-10-;. The van der Waals surface area contributed by atoms with Crippen LogP contribution in [0.4, 0.5) is 0 Å². The van der Waals surface area contributed by atoms with Crippen LogP contribution in [-0.2, 0) is 32.0 Å². The molecule has 4 rings (SSSR count). The van der Waals surface area contributed by atoms with E-state index >= 15 is 0 Å². The topological polar surface area (TPSA) is 121 Å². The molecule has 0 unspecified atom stereocenters. The second-order valence-corrected chi connectivity index (χ2v) is 7.38. The average molecular weight is 458 g/mol. The maximum atomic E-state index is 12.0. The summed E-state index contributed by atoms with van der Waals surface area (Å²) in [6.07, 6.45) is 3.06. The number of carbonyl (C=O) groups excluding carboxylic acids is 1. The largest absolute Gasteiger partial charge is 0.507 e. The first-order chi connectivity index (χ1) is 16.3. The number of carbonyl (C=O) groups is 3. The lowest BCUT2D eigenvalue weighted by atomic mass is 10.0. The van der Waals surface area contributed by atoms with Gasteiger partial charge < -0.3 is 20.1 Å². The minimum atomic E-state index is -0.977. The highest BCUT2D eigenvalue weighted by Gasteiger charge is 2.22. The van der Waals surface area contributed by atoms with Crippen molar-refractivity contribution in [3.05, 3.63) is 113 Å². The van der Waals surface area contributed by atoms with Crippen molar-refractivity contribution in [3.8, 4) is 5.75 Å². The zero-order valence-corrected chi connectivity index (χ0v) is 18.0. The first-order valence-electron chi connectivity index (χ1n) is 10.3. The third kappa shape index (κ3) is 6.93. The van der Waals surface area contributed by atoms with Gasteiger partial charge in [0.2, 0.25) is 0 Å². The molecule has 0 bridgehead atoms. The number of hydrogen-bond acceptors (Lipinski definition) is 5. The lowest BCUT2D eigenvalue weighted by Gasteiger charge is -2.03. The Hall–Kier alpha value is -4.65. The van der Waals surface area contributed by atoms with Gasteiger partial charge in [-0.05, 0) is 29.3 Å². The highest BCUT2D eigenvalue weighted by molar-refractivity contribution is 6.05. The van der Waals surface area contributed by atoms with Crippen LogP contribution in [0.15, 0.2) is 90.5 Å². The van der Waals surface area contributed by atoms with Gasteiger partial charge in [-0.2, -0.15) is 0 Å². The van der Waals surface area contributed by atoms with Crippen LogP contribution in [0.2, 0.25) is 0 Å². The number of aliphatic carboxylic acids is 2. The molecule has 0 spiro atoms. The van der Waals surface area contributed by atoms with Gasteiger partial charge in [-0.15, -0.1) is 0 Å². The van der Waals surface area contributed by atoms with Gasteiger partial charge in [0.15, 0.2) is 0 Å². The molecule has 0 fully saturated rings. The molecule has 0 aliphatic carbocycles. The fraction of sp³-hybridized carbons (Fsp3) is 0.0741. The summed E-state index contributed by atoms with van der Waals surface area (Å²) >= 11 is 0. The molecule has 34 heavy (non-hydrogen) atoms. The van der Waals surface area contributed by atoms with Crippen molar-refractivity contribution in [2.75, 3.05) is 0 Å². The number of esters is 1. The molecule has 7 heteroatoms. The minimum Gasteiger partial charge on any atom is -0.507 e. The van der Waals surface area contributed by atoms with Gasteiger partial charge in [-0.25, -0.2) is 4.79 Å². The molecule has 172 valence electrons. The summed E-state index contributed by atoms with van der Waals surface area (Å²) in [5.41, 5.74) is 2.85. The van der Waals surface area contributed by atoms with E-state index in [9.17, 15) is 19.5 Å². The van der Waals surface area contributed by atoms with Crippen LogP contribution in [0.25, 0.3) is 11.8 Å². The van der Waals surface area contributed by atoms with Gasteiger partial charge in [0.25, 0.3) is 0 Å². The van der Waals surface area contributed by atoms with Crippen molar-refractivity contribution >= 4 is 29.7 Å². The molecule has 3 aromatic rings. The molecular weight excluding hydrogens is 436 g/mol. The number of phenols is 1. The molecule has 1 aliphatic rings. The molecule has 3 N–H and O–H groups in total. The Balaban J connectivity index is 0.000000271. The number of cyclic esters (lactones) is 1. The minimum absolute atomic E-state index is 0.0874. The number of hydrogen-bond donors (Lipinski definition) is 3. The van der Waals surface area contributed by atoms with Gasteiger partial charge >= 0.3 is 17.9 Å². The zero-order chi connectivity index (χ0) is 24.5. The smallest absolute Gasteiger partial charge is 0.343 e. The third-order valence-electron chi connectivity index (χ3n) is 4.74. The van der Waals surface area contributed by atoms with Gasteiger partial charge in [-0.3, -0.25) is 9.59 Å². The van der Waals surface area contributed by atoms with Gasteiger partial charge in [-0.1, -0.05) is 72.8 Å². The lowest BCUT2D eigenvalue weighted by molar-refractivity contribution is -0.137. The summed E-state index contributed by atoms with van der Waals surface area (Å²) < 4.78 is 5.24. The Labute approximate surface area is 195 Å². The van der Waals surface area contributed by atoms with Crippen molar-refractivity contribution in [2.24, 2.45) is 0 Å². The van der Waals surface area contributed by atoms with E-state index in [1.165, 1.54) is 12.1 Å². The summed E-state index contributed by atoms with van der Waals surface area (Å²) in [5, 5.41) is 27.2. The summed E-state index contributed by atoms with van der Waals surface area (Å²) in [4.78, 5) is 32.8. The first kappa shape index (κ1) is 24.0. The van der Waals surface area contributed by atoms with Crippen molar-refractivity contribution in [3.63, 3.8) is 0 Å². The summed E-state index contributed by atoms with van der Waals surface area (Å²) in [6.45, 7) is 0. The second-order valence-electron chi connectivity index (χ2n) is 7.38. The van der Waals surface area contributed by atoms with Crippen LogP contribution in [0.3, 0.4) is 0 Å². The van der Waals surface area contributed by atoms with Crippen LogP contribution >= 0.6 is 0 Å². The summed E-state index contributed by atoms with van der Waals surface area (Å²) in [6, 6.07) is 22.9. The quantitative estimate of drug-likeness (QED) is 0.372. The van der Waals surface area contributed by atoms with E-state index < -0.39 is 17.9 Å². The van der Waals surface area contributed by atoms with Crippen molar-refractivity contribution in [1.29, 1.82) is 0 Å². The van der Waals surface area contributed by atoms with Crippen LogP contribution in [0, 0.1) is 0 Å². The molecule has 1 heterocycles. The maximum Gasteiger partial charge on any atom is 0.343 e. The number of carboxylic acid groups (broad SMARTS) is 2. The molecule has 0 aromatic heterocycles. The molecule has 7 nitrogen and oxygen atoms in total. The monoisotopic (exact) mass is 458 g/mol. The Morgan fingerprint density at radius 3 is 1.97 bits per heavy atom. The predicted molar refractivity (Wildman–Crippen MR) is 126 cm³/mol. The van der Waals surface area contributed by atoms with E-state index in [2.05, 4.69) is 0 Å². The number of phenolic OH excluding ortho intramolecular Hbond substituents is 1. The Kier molecular flexibility index (Phi) is 7.97. The van der Waals surface area contributed by atoms with Gasteiger partial charge in [0, 0.05) is 11.1 Å². The Bertz CT molecular complexity index is 1240. The fourth-order valence-corrected chi connectivity index (χ4v) is 3.17. The summed E-state index contributed by atoms with van der Waals surface area (Å²) in [5.74, 6) is -1.89. The Morgan fingerprint density at radius 2 is 1.38 bits per heavy atom. The molecular formula is C27H22O7. The molecule has 0 saturated carbocycles. The molecule has 0 saturated heterocycles. The SMILES string of the molecule is O=C(O)Cc1ccc(/C=C2/C=C(c3ccccc3)OC2=O)c(O)c1.O=C(O)Cc1ccccc1. The van der Waals surface area contributed by atoms with Crippen molar-refractivity contribution in [2.45, 2.75) is 12.8 Å². The number of aromatic hydroxyl groups is 1. The third-order valence-corrected chi connectivity index (χ3v) is 4.74. The van der Waals surface area contributed by atoms with E-state index in [0.29, 0.717) is 22.5 Å². The zero-order valence-electron chi connectivity index (χ0n) is 18.0. The highest BCUT2D eigenvalue weighted by Crippen LogP contribution is 2.29. The molecule has 0 amide bonds. The second kappa shape index (κ2) is 11.3. The van der Waals surface area contributed by atoms with Crippen molar-refractivity contribution in [1.82, 2.24) is 0 Å². The van der Waals surface area contributed by atoms with Crippen LogP contribution < -0.4 is 0 Å². The summed E-state index contributed by atoms with van der Waals surface area (Å²) in [7, 11) is 0. The lowest BCUT2D eigenvalue weighted by Crippen LogP contribution is -2.00. The van der Waals surface area contributed by atoms with Crippen LogP contribution in [0.5, 0.6) is 5.75 Å². The van der Waals surface area contributed by atoms with E-state index in [4.69, 9.17) is 14.9 Å². The molecule has 0 radical (unpaired) electrons. The van der Waals surface area contributed by atoms with E-state index in [0.717, 1.165) is 11.1 Å². The average Bonchev–Trinajstić information content (AvgIpc) is 3.17. The van der Waals surface area contributed by atoms with Gasteiger partial charge in [0.1, 0.15) is 11.5 Å². The number of carboxylic acids is 2. The van der Waals surface area contributed by atoms with E-state index in [1.54, 1.807) is 30.3 Å². The molecule has 0 atom stereocenters. The number of ether oxygens (including phenoxy) is 1. The van der Waals surface area contributed by atoms with E-state index in [-0.39, 0.29) is 18.6 Å².